The first-order valence-electron chi connectivity index (χ1n) is 5.23. The Labute approximate surface area is 92.8 Å². The van der Waals surface area contributed by atoms with Crippen LogP contribution in [0.2, 0.25) is 0 Å². The van der Waals surface area contributed by atoms with Gasteiger partial charge in [0.15, 0.2) is 11.6 Å². The van der Waals surface area contributed by atoms with Gasteiger partial charge >= 0.3 is 0 Å². The lowest BCUT2D eigenvalue weighted by atomic mass is 10.1. The van der Waals surface area contributed by atoms with Crippen LogP contribution in [0.3, 0.4) is 0 Å². The standard InChI is InChI=1S/C11H14F2N2O/c12-10-8(7-14)1-2-9(11(10)13)15-3-5-16-6-4-15/h1-2H,3-7,14H2. The normalized spacial score (nSPS) is 16.6. The Bertz CT molecular complexity index is 378. The molecule has 0 saturated carbocycles. The van der Waals surface area contributed by atoms with Gasteiger partial charge in [0, 0.05) is 25.2 Å². The number of nitrogens with two attached hydrogens (primary N) is 1. The second-order valence-corrected chi connectivity index (χ2v) is 3.68. The monoisotopic (exact) mass is 228 g/mol. The minimum absolute atomic E-state index is 0.00610. The van der Waals surface area contributed by atoms with E-state index in [2.05, 4.69) is 0 Å². The molecule has 1 aliphatic rings. The number of anilines is 1. The number of morpholine rings is 1. The maximum atomic E-state index is 13.7. The Morgan fingerprint density at radius 1 is 1.19 bits per heavy atom. The van der Waals surface area contributed by atoms with Crippen LogP contribution in [0, 0.1) is 11.6 Å². The second-order valence-electron chi connectivity index (χ2n) is 3.68. The van der Waals surface area contributed by atoms with E-state index in [9.17, 15) is 8.78 Å². The van der Waals surface area contributed by atoms with Crippen LogP contribution in [0.25, 0.3) is 0 Å². The maximum Gasteiger partial charge on any atom is 0.182 e. The van der Waals surface area contributed by atoms with Crippen LogP contribution >= 0.6 is 0 Å². The molecule has 0 amide bonds. The van der Waals surface area contributed by atoms with Gasteiger partial charge in [-0.05, 0) is 6.07 Å². The quantitative estimate of drug-likeness (QED) is 0.828. The highest BCUT2D eigenvalue weighted by Gasteiger charge is 2.19. The summed E-state index contributed by atoms with van der Waals surface area (Å²) >= 11 is 0. The highest BCUT2D eigenvalue weighted by atomic mass is 19.2. The Hall–Kier alpha value is -1.20. The molecule has 88 valence electrons. The third kappa shape index (κ3) is 2.01. The highest BCUT2D eigenvalue weighted by molar-refractivity contribution is 5.50. The molecule has 0 unspecified atom stereocenters. The summed E-state index contributed by atoms with van der Waals surface area (Å²) in [4.78, 5) is 1.78. The molecular weight excluding hydrogens is 214 g/mol. The zero-order valence-corrected chi connectivity index (χ0v) is 8.88. The van der Waals surface area contributed by atoms with E-state index in [-0.39, 0.29) is 17.8 Å². The van der Waals surface area contributed by atoms with Gasteiger partial charge in [-0.1, -0.05) is 6.07 Å². The molecule has 1 aliphatic heterocycles. The predicted molar refractivity (Wildman–Crippen MR) is 57.3 cm³/mol. The first-order chi connectivity index (χ1) is 7.74. The van der Waals surface area contributed by atoms with Crippen molar-refractivity contribution in [3.05, 3.63) is 29.3 Å². The SMILES string of the molecule is NCc1ccc(N2CCOCC2)c(F)c1F. The van der Waals surface area contributed by atoms with Gasteiger partial charge in [0.25, 0.3) is 0 Å². The topological polar surface area (TPSA) is 38.5 Å². The van der Waals surface area contributed by atoms with E-state index in [1.807, 2.05) is 0 Å². The lowest BCUT2D eigenvalue weighted by Gasteiger charge is -2.29. The third-order valence-corrected chi connectivity index (χ3v) is 2.71. The number of hydrogen-bond donors (Lipinski definition) is 1. The first kappa shape index (κ1) is 11.3. The number of ether oxygens (including phenoxy) is 1. The van der Waals surface area contributed by atoms with Crippen molar-refractivity contribution < 1.29 is 13.5 Å². The summed E-state index contributed by atoms with van der Waals surface area (Å²) in [6, 6.07) is 3.11. The Balaban J connectivity index is 2.30. The van der Waals surface area contributed by atoms with E-state index in [4.69, 9.17) is 10.5 Å². The molecule has 1 fully saturated rings. The summed E-state index contributed by atoms with van der Waals surface area (Å²) in [6.07, 6.45) is 0. The minimum Gasteiger partial charge on any atom is -0.378 e. The Kier molecular flexibility index (Phi) is 3.36. The summed E-state index contributed by atoms with van der Waals surface area (Å²) in [5, 5.41) is 0. The van der Waals surface area contributed by atoms with Gasteiger partial charge in [-0.3, -0.25) is 0 Å². The lowest BCUT2D eigenvalue weighted by molar-refractivity contribution is 0.122. The predicted octanol–water partition coefficient (Wildman–Crippen LogP) is 1.26. The van der Waals surface area contributed by atoms with Crippen molar-refractivity contribution in [1.29, 1.82) is 0 Å². The van der Waals surface area contributed by atoms with Crippen molar-refractivity contribution in [2.24, 2.45) is 5.73 Å². The van der Waals surface area contributed by atoms with Crippen molar-refractivity contribution in [3.8, 4) is 0 Å². The smallest absolute Gasteiger partial charge is 0.182 e. The van der Waals surface area contributed by atoms with Gasteiger partial charge in [-0.2, -0.15) is 0 Å². The van der Waals surface area contributed by atoms with Gasteiger partial charge in [0.1, 0.15) is 0 Å². The molecule has 1 aromatic rings. The maximum absolute atomic E-state index is 13.7. The van der Waals surface area contributed by atoms with Crippen LogP contribution in [-0.2, 0) is 11.3 Å². The summed E-state index contributed by atoms with van der Waals surface area (Å²) in [5.41, 5.74) is 5.80. The number of halogens is 2. The fourth-order valence-corrected chi connectivity index (χ4v) is 1.79. The van der Waals surface area contributed by atoms with Crippen molar-refractivity contribution in [2.45, 2.75) is 6.54 Å². The summed E-state index contributed by atoms with van der Waals surface area (Å²) < 4.78 is 32.4. The number of nitrogens with zero attached hydrogens (tertiary/aromatic N) is 1. The zero-order chi connectivity index (χ0) is 11.5. The third-order valence-electron chi connectivity index (χ3n) is 2.71. The van der Waals surface area contributed by atoms with Gasteiger partial charge in [-0.15, -0.1) is 0 Å². The first-order valence-corrected chi connectivity index (χ1v) is 5.23. The average molecular weight is 228 g/mol. The van der Waals surface area contributed by atoms with Crippen molar-refractivity contribution >= 4 is 5.69 Å². The van der Waals surface area contributed by atoms with Crippen LogP contribution in [0.15, 0.2) is 12.1 Å². The average Bonchev–Trinajstić information content (AvgIpc) is 2.34. The molecule has 0 atom stereocenters. The van der Waals surface area contributed by atoms with Gasteiger partial charge in [0.2, 0.25) is 0 Å². The Morgan fingerprint density at radius 2 is 1.88 bits per heavy atom. The molecule has 0 bridgehead atoms. The largest absolute Gasteiger partial charge is 0.378 e. The van der Waals surface area contributed by atoms with Gasteiger partial charge in [0.05, 0.1) is 18.9 Å². The van der Waals surface area contributed by atoms with E-state index in [1.165, 1.54) is 6.07 Å². The summed E-state index contributed by atoms with van der Waals surface area (Å²) in [6.45, 7) is 2.25. The molecule has 1 heterocycles. The molecule has 16 heavy (non-hydrogen) atoms. The van der Waals surface area contributed by atoms with E-state index in [0.29, 0.717) is 26.3 Å². The molecule has 0 aromatic heterocycles. The van der Waals surface area contributed by atoms with Crippen LogP contribution < -0.4 is 10.6 Å². The zero-order valence-electron chi connectivity index (χ0n) is 8.88. The number of rotatable bonds is 2. The molecule has 0 aliphatic carbocycles. The molecule has 2 rings (SSSR count). The molecular formula is C11H14F2N2O. The van der Waals surface area contributed by atoms with Crippen molar-refractivity contribution in [1.82, 2.24) is 0 Å². The highest BCUT2D eigenvalue weighted by Crippen LogP contribution is 2.24. The minimum atomic E-state index is -0.841. The lowest BCUT2D eigenvalue weighted by Crippen LogP contribution is -2.37. The fraction of sp³-hybridized carbons (Fsp3) is 0.455. The number of hydrogen-bond acceptors (Lipinski definition) is 3. The van der Waals surface area contributed by atoms with Crippen molar-refractivity contribution in [2.75, 3.05) is 31.2 Å². The summed E-state index contributed by atoms with van der Waals surface area (Å²) in [5.74, 6) is -1.66. The van der Waals surface area contributed by atoms with Crippen molar-refractivity contribution in [3.63, 3.8) is 0 Å². The van der Waals surface area contributed by atoms with Crippen LogP contribution in [0.1, 0.15) is 5.56 Å². The van der Waals surface area contributed by atoms with Gasteiger partial charge in [-0.25, -0.2) is 8.78 Å². The fourth-order valence-electron chi connectivity index (χ4n) is 1.79. The van der Waals surface area contributed by atoms with E-state index < -0.39 is 11.6 Å². The van der Waals surface area contributed by atoms with E-state index in [0.717, 1.165) is 0 Å². The molecule has 5 heteroatoms. The van der Waals surface area contributed by atoms with Crippen LogP contribution in [0.4, 0.5) is 14.5 Å². The number of benzene rings is 1. The second kappa shape index (κ2) is 4.76. The van der Waals surface area contributed by atoms with Crippen LogP contribution in [-0.4, -0.2) is 26.3 Å². The molecule has 3 nitrogen and oxygen atoms in total. The molecule has 1 saturated heterocycles. The van der Waals surface area contributed by atoms with E-state index in [1.54, 1.807) is 11.0 Å². The molecule has 0 radical (unpaired) electrons. The van der Waals surface area contributed by atoms with Crippen LogP contribution in [0.5, 0.6) is 0 Å². The summed E-state index contributed by atoms with van der Waals surface area (Å²) in [7, 11) is 0. The molecule has 0 spiro atoms. The molecule has 1 aromatic carbocycles. The molecule has 2 N–H and O–H groups in total. The van der Waals surface area contributed by atoms with E-state index >= 15 is 0 Å². The van der Waals surface area contributed by atoms with Gasteiger partial charge < -0.3 is 15.4 Å². The Morgan fingerprint density at radius 3 is 2.50 bits per heavy atom.